The first-order valence-electron chi connectivity index (χ1n) is 12.1. The highest BCUT2D eigenvalue weighted by atomic mass is 32.2. The van der Waals surface area contributed by atoms with Gasteiger partial charge in [-0.25, -0.2) is 9.38 Å². The van der Waals surface area contributed by atoms with Crippen LogP contribution in [0.4, 0.5) is 15.8 Å². The molecule has 200 valence electrons. The molecular weight excluding hydrogens is 521 g/mol. The van der Waals surface area contributed by atoms with Gasteiger partial charge in [-0.1, -0.05) is 18.2 Å². The molecule has 0 spiro atoms. The Labute approximate surface area is 229 Å². The summed E-state index contributed by atoms with van der Waals surface area (Å²) in [6.07, 6.45) is 3.97. The minimum Gasteiger partial charge on any atom is -0.493 e. The van der Waals surface area contributed by atoms with Crippen molar-refractivity contribution in [3.8, 4) is 11.5 Å². The van der Waals surface area contributed by atoms with Gasteiger partial charge in [0.05, 0.1) is 22.6 Å². The van der Waals surface area contributed by atoms with Gasteiger partial charge in [-0.05, 0) is 78.7 Å². The summed E-state index contributed by atoms with van der Waals surface area (Å²) in [7, 11) is 1.52. The van der Waals surface area contributed by atoms with Crippen LogP contribution in [0.15, 0.2) is 83.2 Å². The predicted octanol–water partition coefficient (Wildman–Crippen LogP) is 6.67. The standard InChI is InChI=1S/C29H26FN3O5S/c1-4-7-21-14-20(16-25(37-3)27(21)38-18-19-8-6-9-24(15-19)33(35)36)17-26-28(34)32(5-2)29(39-26)31-23-12-10-22(30)11-13-23/h4,6,8-17H,1,5,7,18H2,2-3H3/b26-17+,31-29?. The molecular formula is C29H26FN3O5S. The second kappa shape index (κ2) is 12.4. The number of carbonyl (C=O) groups is 1. The molecule has 4 rings (SSSR count). The zero-order valence-corrected chi connectivity index (χ0v) is 22.2. The first kappa shape index (κ1) is 27.6. The number of non-ortho nitro benzene ring substituents is 1. The maximum Gasteiger partial charge on any atom is 0.269 e. The Morgan fingerprint density at radius 3 is 2.62 bits per heavy atom. The van der Waals surface area contributed by atoms with Gasteiger partial charge in [0.2, 0.25) is 0 Å². The number of nitrogens with zero attached hydrogens (tertiary/aromatic N) is 3. The molecule has 0 bridgehead atoms. The van der Waals surface area contributed by atoms with E-state index in [4.69, 9.17) is 9.47 Å². The summed E-state index contributed by atoms with van der Waals surface area (Å²) >= 11 is 1.24. The number of aliphatic imine (C=N–C) groups is 1. The summed E-state index contributed by atoms with van der Waals surface area (Å²) < 4.78 is 25.0. The molecule has 1 saturated heterocycles. The number of amides is 1. The molecule has 0 atom stereocenters. The van der Waals surface area contributed by atoms with E-state index in [0.29, 0.717) is 45.8 Å². The lowest BCUT2D eigenvalue weighted by atomic mass is 10.0. The molecule has 0 unspecified atom stereocenters. The Morgan fingerprint density at radius 2 is 1.95 bits per heavy atom. The lowest BCUT2D eigenvalue weighted by Crippen LogP contribution is -2.28. The van der Waals surface area contributed by atoms with E-state index in [9.17, 15) is 19.3 Å². The third kappa shape index (κ3) is 6.53. The van der Waals surface area contributed by atoms with Gasteiger partial charge in [0, 0.05) is 24.2 Å². The number of likely N-dealkylation sites (N-methyl/N-ethyl adjacent to an activating group) is 1. The van der Waals surface area contributed by atoms with Gasteiger partial charge >= 0.3 is 0 Å². The van der Waals surface area contributed by atoms with Crippen LogP contribution < -0.4 is 9.47 Å². The summed E-state index contributed by atoms with van der Waals surface area (Å²) in [5, 5.41) is 11.6. The number of ether oxygens (including phenoxy) is 2. The van der Waals surface area contributed by atoms with E-state index in [1.165, 1.54) is 43.1 Å². The molecule has 1 heterocycles. The number of benzene rings is 3. The molecule has 3 aromatic rings. The Morgan fingerprint density at radius 1 is 1.18 bits per heavy atom. The summed E-state index contributed by atoms with van der Waals surface area (Å²) in [5.41, 5.74) is 2.68. The average Bonchev–Trinajstić information content (AvgIpc) is 3.22. The van der Waals surface area contributed by atoms with Crippen LogP contribution in [0.25, 0.3) is 6.08 Å². The smallest absolute Gasteiger partial charge is 0.269 e. The number of hydrogen-bond acceptors (Lipinski definition) is 7. The van der Waals surface area contributed by atoms with E-state index < -0.39 is 4.92 Å². The molecule has 1 amide bonds. The molecule has 0 radical (unpaired) electrons. The third-order valence-corrected chi connectivity index (χ3v) is 6.80. The van der Waals surface area contributed by atoms with Gasteiger partial charge in [0.1, 0.15) is 12.4 Å². The molecule has 0 saturated carbocycles. The number of nitro groups is 1. The van der Waals surface area contributed by atoms with Crippen molar-refractivity contribution in [3.63, 3.8) is 0 Å². The zero-order chi connectivity index (χ0) is 27.9. The topological polar surface area (TPSA) is 94.3 Å². The number of carbonyl (C=O) groups excluding carboxylic acids is 1. The fraction of sp³-hybridized carbons (Fsp3) is 0.172. The highest BCUT2D eigenvalue weighted by Gasteiger charge is 2.32. The van der Waals surface area contributed by atoms with E-state index in [1.807, 2.05) is 13.0 Å². The van der Waals surface area contributed by atoms with Crippen molar-refractivity contribution in [2.75, 3.05) is 13.7 Å². The van der Waals surface area contributed by atoms with Crippen molar-refractivity contribution in [3.05, 3.63) is 111 Å². The molecule has 8 nitrogen and oxygen atoms in total. The van der Waals surface area contributed by atoms with Gasteiger partial charge in [-0.15, -0.1) is 6.58 Å². The maximum absolute atomic E-state index is 13.3. The highest BCUT2D eigenvalue weighted by molar-refractivity contribution is 8.18. The predicted molar refractivity (Wildman–Crippen MR) is 151 cm³/mol. The normalized spacial score (nSPS) is 15.2. The molecule has 39 heavy (non-hydrogen) atoms. The molecule has 0 aromatic heterocycles. The number of halogens is 1. The van der Waals surface area contributed by atoms with E-state index >= 15 is 0 Å². The number of thioether (sulfide) groups is 1. The van der Waals surface area contributed by atoms with Gasteiger partial charge in [-0.3, -0.25) is 19.8 Å². The van der Waals surface area contributed by atoms with Crippen LogP contribution in [0.3, 0.4) is 0 Å². The Hall–Kier alpha value is -4.44. The molecule has 0 aliphatic carbocycles. The van der Waals surface area contributed by atoms with Crippen LogP contribution in [0.5, 0.6) is 11.5 Å². The molecule has 1 fully saturated rings. The monoisotopic (exact) mass is 547 g/mol. The summed E-state index contributed by atoms with van der Waals surface area (Å²) in [6.45, 7) is 6.23. The lowest BCUT2D eigenvalue weighted by Gasteiger charge is -2.16. The van der Waals surface area contributed by atoms with Crippen molar-refractivity contribution in [2.24, 2.45) is 4.99 Å². The van der Waals surface area contributed by atoms with E-state index in [-0.39, 0.29) is 24.0 Å². The number of amidine groups is 1. The van der Waals surface area contributed by atoms with Gasteiger partial charge in [0.25, 0.3) is 11.6 Å². The maximum atomic E-state index is 13.3. The number of rotatable bonds is 10. The second-order valence-electron chi connectivity index (χ2n) is 8.45. The molecule has 10 heteroatoms. The van der Waals surface area contributed by atoms with Crippen LogP contribution >= 0.6 is 11.8 Å². The van der Waals surface area contributed by atoms with Crippen LogP contribution in [-0.4, -0.2) is 34.6 Å². The fourth-order valence-electron chi connectivity index (χ4n) is 3.95. The first-order chi connectivity index (χ1) is 18.8. The Bertz CT molecular complexity index is 1470. The number of hydrogen-bond donors (Lipinski definition) is 0. The van der Waals surface area contributed by atoms with Crippen molar-refractivity contribution in [2.45, 2.75) is 20.0 Å². The molecule has 1 aliphatic heterocycles. The molecule has 1 aliphatic rings. The van der Waals surface area contributed by atoms with Crippen LogP contribution in [0.2, 0.25) is 0 Å². The molecule has 3 aromatic carbocycles. The first-order valence-corrected chi connectivity index (χ1v) is 12.9. The Balaban J connectivity index is 1.64. The Kier molecular flexibility index (Phi) is 8.77. The SMILES string of the molecule is C=CCc1cc(/C=C2/SC(=Nc3ccc(F)cc3)N(CC)C2=O)cc(OC)c1OCc1cccc([N+](=O)[O-])c1. The van der Waals surface area contributed by atoms with Gasteiger partial charge in [-0.2, -0.15) is 0 Å². The summed E-state index contributed by atoms with van der Waals surface area (Å²) in [4.78, 5) is 30.4. The van der Waals surface area contributed by atoms with Crippen molar-refractivity contribution >= 4 is 40.3 Å². The minimum absolute atomic E-state index is 0.0152. The number of methoxy groups -OCH3 is 1. The van der Waals surface area contributed by atoms with Crippen LogP contribution in [0.1, 0.15) is 23.6 Å². The third-order valence-electron chi connectivity index (χ3n) is 5.80. The van der Waals surface area contributed by atoms with Crippen molar-refractivity contribution in [1.29, 1.82) is 0 Å². The zero-order valence-electron chi connectivity index (χ0n) is 21.4. The van der Waals surface area contributed by atoms with Crippen LogP contribution in [-0.2, 0) is 17.8 Å². The minimum atomic E-state index is -0.451. The fourth-order valence-corrected chi connectivity index (χ4v) is 5.01. The number of allylic oxidation sites excluding steroid dienone is 1. The van der Waals surface area contributed by atoms with E-state index in [0.717, 1.165) is 11.1 Å². The number of nitro benzene ring substituents is 1. The average molecular weight is 548 g/mol. The van der Waals surface area contributed by atoms with E-state index in [2.05, 4.69) is 11.6 Å². The van der Waals surface area contributed by atoms with E-state index in [1.54, 1.807) is 47.4 Å². The second-order valence-corrected chi connectivity index (χ2v) is 9.46. The van der Waals surface area contributed by atoms with Gasteiger partial charge in [0.15, 0.2) is 16.7 Å². The quantitative estimate of drug-likeness (QED) is 0.122. The lowest BCUT2D eigenvalue weighted by molar-refractivity contribution is -0.384. The van der Waals surface area contributed by atoms with Crippen molar-refractivity contribution < 1.29 is 23.6 Å². The van der Waals surface area contributed by atoms with Crippen molar-refractivity contribution in [1.82, 2.24) is 4.90 Å². The van der Waals surface area contributed by atoms with Gasteiger partial charge < -0.3 is 9.47 Å². The molecule has 0 N–H and O–H groups in total. The largest absolute Gasteiger partial charge is 0.493 e. The summed E-state index contributed by atoms with van der Waals surface area (Å²) in [5.74, 6) is 0.405. The van der Waals surface area contributed by atoms with Crippen LogP contribution in [0, 0.1) is 15.9 Å². The highest BCUT2D eigenvalue weighted by Crippen LogP contribution is 2.38. The summed E-state index contributed by atoms with van der Waals surface area (Å²) in [6, 6.07) is 15.7.